The van der Waals surface area contributed by atoms with Crippen molar-refractivity contribution in [2.24, 2.45) is 0 Å². The molecule has 0 aliphatic heterocycles. The number of para-hydroxylation sites is 1. The molecule has 1 nitrogen and oxygen atoms in total. The molecule has 0 spiro atoms. The number of anilines is 1. The summed E-state index contributed by atoms with van der Waals surface area (Å²) in [6, 6.07) is 10.5. The second-order valence-electron chi connectivity index (χ2n) is 2.51. The number of hydrogen-bond acceptors (Lipinski definition) is 1. The minimum atomic E-state index is 0. The molecule has 0 aliphatic rings. The van der Waals surface area contributed by atoms with Gasteiger partial charge in [0, 0.05) is 18.8 Å². The van der Waals surface area contributed by atoms with Crippen molar-refractivity contribution in [1.82, 2.24) is 0 Å². The second kappa shape index (κ2) is 6.53. The molecule has 0 N–H and O–H groups in total. The van der Waals surface area contributed by atoms with Gasteiger partial charge in [-0.1, -0.05) is 18.2 Å². The first-order chi connectivity index (χ1) is 5.38. The van der Waals surface area contributed by atoms with Crippen LogP contribution < -0.4 is 34.5 Å². The molecule has 0 aliphatic carbocycles. The zero-order valence-corrected chi connectivity index (χ0v) is 10.2. The summed E-state index contributed by atoms with van der Waals surface area (Å²) in [5.41, 5.74) is 1.32. The maximum Gasteiger partial charge on any atom is 1.00 e. The van der Waals surface area contributed by atoms with Crippen molar-refractivity contribution in [3.8, 4) is 0 Å². The van der Waals surface area contributed by atoms with Crippen LogP contribution in [-0.4, -0.2) is 13.1 Å². The normalized spacial score (nSPS) is 8.83. The SMILES string of the molecule is CCN(CC)c1ccccc1.[H-].[Na+]. The first-order valence-corrected chi connectivity index (χ1v) is 4.18. The van der Waals surface area contributed by atoms with Crippen molar-refractivity contribution in [3.05, 3.63) is 30.3 Å². The topological polar surface area (TPSA) is 3.24 Å². The van der Waals surface area contributed by atoms with Gasteiger partial charge in [0.2, 0.25) is 0 Å². The third-order valence-electron chi connectivity index (χ3n) is 1.88. The first-order valence-electron chi connectivity index (χ1n) is 4.18. The van der Waals surface area contributed by atoms with Crippen molar-refractivity contribution in [2.45, 2.75) is 13.8 Å². The largest absolute Gasteiger partial charge is 1.00 e. The fourth-order valence-corrected chi connectivity index (χ4v) is 1.23. The Labute approximate surface area is 98.5 Å². The van der Waals surface area contributed by atoms with Crippen LogP contribution in [0, 0.1) is 0 Å². The van der Waals surface area contributed by atoms with Crippen LogP contribution >= 0.6 is 0 Å². The summed E-state index contributed by atoms with van der Waals surface area (Å²) >= 11 is 0. The molecule has 1 rings (SSSR count). The summed E-state index contributed by atoms with van der Waals surface area (Å²) in [6.45, 7) is 6.52. The zero-order chi connectivity index (χ0) is 8.10. The summed E-state index contributed by atoms with van der Waals surface area (Å²) in [5.74, 6) is 0. The fourth-order valence-electron chi connectivity index (χ4n) is 1.23. The standard InChI is InChI=1S/C10H15N.Na.H/c1-3-11(4-2)10-8-6-5-7-9-10;;/h5-9H,3-4H2,1-2H3;;/q;+1;-1. The van der Waals surface area contributed by atoms with Gasteiger partial charge in [-0.15, -0.1) is 0 Å². The molecule has 0 saturated carbocycles. The van der Waals surface area contributed by atoms with Crippen LogP contribution in [0.25, 0.3) is 0 Å². The maximum absolute atomic E-state index is 2.33. The van der Waals surface area contributed by atoms with Crippen molar-refractivity contribution >= 4 is 5.69 Å². The summed E-state index contributed by atoms with van der Waals surface area (Å²) in [6.07, 6.45) is 0. The zero-order valence-electron chi connectivity index (χ0n) is 9.25. The van der Waals surface area contributed by atoms with E-state index in [0.29, 0.717) is 0 Å². The van der Waals surface area contributed by atoms with E-state index in [2.05, 4.69) is 43.0 Å². The molecular weight excluding hydrogens is 157 g/mol. The predicted molar refractivity (Wildman–Crippen MR) is 51.1 cm³/mol. The van der Waals surface area contributed by atoms with Crippen LogP contribution in [-0.2, 0) is 0 Å². The van der Waals surface area contributed by atoms with Crippen molar-refractivity contribution in [3.63, 3.8) is 0 Å². The van der Waals surface area contributed by atoms with E-state index in [1.54, 1.807) is 0 Å². The molecule has 2 heteroatoms. The summed E-state index contributed by atoms with van der Waals surface area (Å²) in [4.78, 5) is 2.33. The van der Waals surface area contributed by atoms with E-state index in [4.69, 9.17) is 0 Å². The molecule has 0 aromatic heterocycles. The van der Waals surface area contributed by atoms with Crippen LogP contribution in [0.15, 0.2) is 30.3 Å². The second-order valence-corrected chi connectivity index (χ2v) is 2.51. The first kappa shape index (κ1) is 12.0. The Morgan fingerprint density at radius 1 is 1.08 bits per heavy atom. The average Bonchev–Trinajstić information content (AvgIpc) is 2.09. The molecule has 0 amide bonds. The van der Waals surface area contributed by atoms with Crippen LogP contribution in [0.1, 0.15) is 15.3 Å². The maximum atomic E-state index is 2.33. The van der Waals surface area contributed by atoms with E-state index in [1.165, 1.54) is 5.69 Å². The van der Waals surface area contributed by atoms with E-state index in [9.17, 15) is 0 Å². The Balaban J connectivity index is 0. The molecule has 0 fully saturated rings. The van der Waals surface area contributed by atoms with Gasteiger partial charge < -0.3 is 6.33 Å². The molecule has 1 aromatic carbocycles. The van der Waals surface area contributed by atoms with Gasteiger partial charge in [0.1, 0.15) is 0 Å². The molecule has 0 radical (unpaired) electrons. The van der Waals surface area contributed by atoms with Gasteiger partial charge in [0.05, 0.1) is 0 Å². The number of rotatable bonds is 3. The third kappa shape index (κ3) is 3.18. The van der Waals surface area contributed by atoms with Gasteiger partial charge in [-0.05, 0) is 26.0 Å². The summed E-state index contributed by atoms with van der Waals surface area (Å²) in [5, 5.41) is 0. The van der Waals surface area contributed by atoms with Crippen molar-refractivity contribution < 1.29 is 31.0 Å². The van der Waals surface area contributed by atoms with Crippen LogP contribution in [0.3, 0.4) is 0 Å². The van der Waals surface area contributed by atoms with Gasteiger partial charge in [-0.25, -0.2) is 0 Å². The molecule has 0 bridgehead atoms. The third-order valence-corrected chi connectivity index (χ3v) is 1.88. The van der Waals surface area contributed by atoms with Crippen LogP contribution in [0.5, 0.6) is 0 Å². The molecule has 0 atom stereocenters. The van der Waals surface area contributed by atoms with E-state index in [1.807, 2.05) is 6.07 Å². The molecular formula is C10H16NNa. The average molecular weight is 173 g/mol. The molecule has 0 saturated heterocycles. The van der Waals surface area contributed by atoms with Crippen LogP contribution in [0.2, 0.25) is 0 Å². The smallest absolute Gasteiger partial charge is 1.00 e. The molecule has 1 aromatic rings. The van der Waals surface area contributed by atoms with Crippen molar-refractivity contribution in [1.29, 1.82) is 0 Å². The minimum Gasteiger partial charge on any atom is -1.00 e. The van der Waals surface area contributed by atoms with Crippen molar-refractivity contribution in [2.75, 3.05) is 18.0 Å². The van der Waals surface area contributed by atoms with Gasteiger partial charge in [-0.2, -0.15) is 0 Å². The van der Waals surface area contributed by atoms with E-state index >= 15 is 0 Å². The van der Waals surface area contributed by atoms with Crippen LogP contribution in [0.4, 0.5) is 5.69 Å². The Hall–Kier alpha value is 0.0200. The Morgan fingerprint density at radius 3 is 2.00 bits per heavy atom. The Bertz CT molecular complexity index is 199. The Morgan fingerprint density at radius 2 is 1.58 bits per heavy atom. The van der Waals surface area contributed by atoms with E-state index < -0.39 is 0 Å². The molecule has 12 heavy (non-hydrogen) atoms. The summed E-state index contributed by atoms with van der Waals surface area (Å²) in [7, 11) is 0. The summed E-state index contributed by atoms with van der Waals surface area (Å²) < 4.78 is 0. The number of benzene rings is 1. The minimum absolute atomic E-state index is 0. The monoisotopic (exact) mass is 173 g/mol. The molecule has 62 valence electrons. The van der Waals surface area contributed by atoms with Gasteiger partial charge >= 0.3 is 29.6 Å². The van der Waals surface area contributed by atoms with Gasteiger partial charge in [0.15, 0.2) is 0 Å². The quantitative estimate of drug-likeness (QED) is 0.565. The van der Waals surface area contributed by atoms with E-state index in [0.717, 1.165) is 13.1 Å². The van der Waals surface area contributed by atoms with Gasteiger partial charge in [-0.3, -0.25) is 0 Å². The molecule has 0 unspecified atom stereocenters. The fraction of sp³-hybridized carbons (Fsp3) is 0.400. The Kier molecular flexibility index (Phi) is 6.54. The molecule has 0 heterocycles. The number of hydrogen-bond donors (Lipinski definition) is 0. The van der Waals surface area contributed by atoms with E-state index in [-0.39, 0.29) is 31.0 Å². The number of nitrogens with zero attached hydrogens (tertiary/aromatic N) is 1. The van der Waals surface area contributed by atoms with Gasteiger partial charge in [0.25, 0.3) is 0 Å². The predicted octanol–water partition coefficient (Wildman–Crippen LogP) is -0.351.